The second kappa shape index (κ2) is 16.7. The minimum absolute atomic E-state index is 0.232. The Morgan fingerprint density at radius 1 is 0.921 bits per heavy atom. The summed E-state index contributed by atoms with van der Waals surface area (Å²) in [5.74, 6) is -0.464. The van der Waals surface area contributed by atoms with Crippen LogP contribution in [-0.4, -0.2) is 47.0 Å². The molecule has 1 aliphatic rings. The van der Waals surface area contributed by atoms with Gasteiger partial charge in [0.2, 0.25) is 0 Å². The fraction of sp³-hybridized carbons (Fsp3) is 0.692. The Morgan fingerprint density at radius 3 is 2.05 bits per heavy atom. The third kappa shape index (κ3) is 11.3. The van der Waals surface area contributed by atoms with Gasteiger partial charge in [0.25, 0.3) is 5.56 Å². The molecule has 0 amide bonds. The van der Waals surface area contributed by atoms with E-state index in [-0.39, 0.29) is 18.2 Å². The smallest absolute Gasteiger partial charge is 0.344 e. The molecule has 12 heteroatoms. The number of ketones is 2. The molecule has 11 nitrogen and oxygen atoms in total. The van der Waals surface area contributed by atoms with Gasteiger partial charge in [-0.2, -0.15) is 0 Å². The van der Waals surface area contributed by atoms with E-state index in [9.17, 15) is 23.7 Å². The van der Waals surface area contributed by atoms with Crippen molar-refractivity contribution in [3.05, 3.63) is 44.8 Å². The zero-order valence-electron chi connectivity index (χ0n) is 22.6. The summed E-state index contributed by atoms with van der Waals surface area (Å²) < 4.78 is 36.3. The van der Waals surface area contributed by atoms with Gasteiger partial charge in [0, 0.05) is 24.6 Å². The number of phosphoric ester groups is 1. The molecule has 0 spiro atoms. The molecule has 38 heavy (non-hydrogen) atoms. The lowest BCUT2D eigenvalue weighted by Gasteiger charge is -2.20. The maximum Gasteiger partial charge on any atom is 0.475 e. The number of phosphoric acid groups is 1. The molecule has 1 aromatic heterocycles. The van der Waals surface area contributed by atoms with Crippen molar-refractivity contribution in [3.8, 4) is 0 Å². The fourth-order valence-electron chi connectivity index (χ4n) is 3.74. The number of aromatic nitrogens is 2. The van der Waals surface area contributed by atoms with Gasteiger partial charge in [0.05, 0.1) is 6.61 Å². The SMILES string of the molecule is CCCCCCC(=O)COP(=O)(OCC(=O)CCCCCC)OCC1C=CC(n2cc(C)c(=O)[nH]c2=O)O1. The van der Waals surface area contributed by atoms with E-state index in [0.29, 0.717) is 31.2 Å². The topological polar surface area (TPSA) is 143 Å². The summed E-state index contributed by atoms with van der Waals surface area (Å²) in [7, 11) is -4.26. The highest BCUT2D eigenvalue weighted by atomic mass is 31.2. The molecule has 2 atom stereocenters. The average Bonchev–Trinajstić information content (AvgIpc) is 3.37. The maximum absolute atomic E-state index is 13.3. The molecule has 1 aliphatic heterocycles. The minimum Gasteiger partial charge on any atom is -0.344 e. The highest BCUT2D eigenvalue weighted by Gasteiger charge is 2.32. The number of ether oxygens (including phenoxy) is 1. The van der Waals surface area contributed by atoms with Gasteiger partial charge in [-0.1, -0.05) is 58.4 Å². The molecule has 0 saturated carbocycles. The van der Waals surface area contributed by atoms with Crippen LogP contribution in [0.4, 0.5) is 0 Å². The highest BCUT2D eigenvalue weighted by Crippen LogP contribution is 2.50. The van der Waals surface area contributed by atoms with Crippen LogP contribution < -0.4 is 11.2 Å². The molecule has 0 saturated heterocycles. The van der Waals surface area contributed by atoms with Crippen molar-refractivity contribution in [2.24, 2.45) is 0 Å². The van der Waals surface area contributed by atoms with Crippen molar-refractivity contribution < 1.29 is 32.5 Å². The molecule has 0 bridgehead atoms. The van der Waals surface area contributed by atoms with E-state index < -0.39 is 44.6 Å². The monoisotopic (exact) mass is 556 g/mol. The van der Waals surface area contributed by atoms with Crippen LogP contribution in [-0.2, 0) is 32.5 Å². The number of nitrogens with zero attached hydrogens (tertiary/aromatic N) is 1. The largest absolute Gasteiger partial charge is 0.475 e. The van der Waals surface area contributed by atoms with E-state index in [1.54, 1.807) is 19.1 Å². The summed E-state index contributed by atoms with van der Waals surface area (Å²) in [6.45, 7) is 4.54. The Hall–Kier alpha value is -2.17. The van der Waals surface area contributed by atoms with Crippen molar-refractivity contribution >= 4 is 19.4 Å². The van der Waals surface area contributed by atoms with E-state index in [1.165, 1.54) is 10.8 Å². The first kappa shape index (κ1) is 32.0. The molecule has 0 aromatic carbocycles. The summed E-state index contributed by atoms with van der Waals surface area (Å²) in [5.41, 5.74) is -0.779. The second-order valence-electron chi connectivity index (χ2n) is 9.42. The van der Waals surface area contributed by atoms with Gasteiger partial charge in [-0.25, -0.2) is 9.36 Å². The van der Waals surface area contributed by atoms with Gasteiger partial charge >= 0.3 is 13.5 Å². The summed E-state index contributed by atoms with van der Waals surface area (Å²) in [6, 6.07) is 0. The van der Waals surface area contributed by atoms with Gasteiger partial charge < -0.3 is 4.74 Å². The molecular weight excluding hydrogens is 515 g/mol. The first-order valence-corrected chi connectivity index (χ1v) is 14.9. The first-order valence-electron chi connectivity index (χ1n) is 13.4. The number of carbonyl (C=O) groups is 2. The minimum atomic E-state index is -4.26. The van der Waals surface area contributed by atoms with Crippen LogP contribution in [0.25, 0.3) is 0 Å². The third-order valence-corrected chi connectivity index (χ3v) is 7.36. The molecule has 0 fully saturated rings. The van der Waals surface area contributed by atoms with Crippen molar-refractivity contribution in [2.75, 3.05) is 19.8 Å². The number of aryl methyl sites for hydroxylation is 1. The molecule has 2 unspecified atom stereocenters. The fourth-order valence-corrected chi connectivity index (χ4v) is 4.90. The molecule has 214 valence electrons. The van der Waals surface area contributed by atoms with Gasteiger partial charge in [-0.15, -0.1) is 0 Å². The molecule has 2 heterocycles. The van der Waals surface area contributed by atoms with Crippen LogP contribution in [0.5, 0.6) is 0 Å². The number of H-pyrrole nitrogens is 1. The quantitative estimate of drug-likeness (QED) is 0.139. The molecule has 0 radical (unpaired) electrons. The summed E-state index contributed by atoms with van der Waals surface area (Å²) in [4.78, 5) is 50.4. The zero-order valence-corrected chi connectivity index (χ0v) is 23.5. The maximum atomic E-state index is 13.3. The number of carbonyl (C=O) groups excluding carboxylic acids is 2. The molecule has 0 aliphatic carbocycles. The number of hydrogen-bond donors (Lipinski definition) is 1. The summed E-state index contributed by atoms with van der Waals surface area (Å²) >= 11 is 0. The molecule has 1 aromatic rings. The van der Waals surface area contributed by atoms with Crippen LogP contribution in [0.3, 0.4) is 0 Å². The van der Waals surface area contributed by atoms with Gasteiger partial charge in [0.15, 0.2) is 17.8 Å². The van der Waals surface area contributed by atoms with E-state index in [2.05, 4.69) is 18.8 Å². The number of Topliss-reactive ketones (excluding diaryl/α,β-unsaturated/α-hetero) is 2. The van der Waals surface area contributed by atoms with Gasteiger partial charge in [0.1, 0.15) is 19.3 Å². The second-order valence-corrected chi connectivity index (χ2v) is 11.1. The molecular formula is C26H41N2O9P. The van der Waals surface area contributed by atoms with Crippen LogP contribution in [0.1, 0.15) is 89.8 Å². The lowest BCUT2D eigenvalue weighted by atomic mass is 10.1. The van der Waals surface area contributed by atoms with Crippen molar-refractivity contribution in [1.82, 2.24) is 9.55 Å². The number of nitrogens with one attached hydrogen (secondary N) is 1. The highest BCUT2D eigenvalue weighted by molar-refractivity contribution is 7.48. The standard InChI is InChI=1S/C26H41N2O9P/c1-4-6-8-10-12-21(29)17-34-38(33,35-18-22(30)13-11-9-7-5-2)36-19-23-14-15-24(37-23)28-16-20(3)25(31)27-26(28)32/h14-16,23-24H,4-13,17-19H2,1-3H3,(H,27,31,32). The van der Waals surface area contributed by atoms with E-state index in [4.69, 9.17) is 18.3 Å². The number of unbranched alkanes of at least 4 members (excludes halogenated alkanes) is 6. The number of aromatic amines is 1. The third-order valence-electron chi connectivity index (χ3n) is 6.01. The van der Waals surface area contributed by atoms with Crippen LogP contribution in [0.15, 0.2) is 27.9 Å². The Bertz CT molecular complexity index is 1060. The summed E-state index contributed by atoms with van der Waals surface area (Å²) in [6.07, 6.45) is 11.1. The predicted octanol–water partition coefficient (Wildman–Crippen LogP) is 4.54. The van der Waals surface area contributed by atoms with E-state index >= 15 is 0 Å². The van der Waals surface area contributed by atoms with Crippen molar-refractivity contribution in [2.45, 2.75) is 97.3 Å². The first-order chi connectivity index (χ1) is 18.2. The normalized spacial score (nSPS) is 17.2. The Labute approximate surface area is 223 Å². The predicted molar refractivity (Wildman–Crippen MR) is 142 cm³/mol. The Morgan fingerprint density at radius 2 is 1.50 bits per heavy atom. The lowest BCUT2D eigenvalue weighted by molar-refractivity contribution is -0.122. The van der Waals surface area contributed by atoms with Gasteiger partial charge in [-0.3, -0.25) is 37.5 Å². The Balaban J connectivity index is 1.94. The zero-order chi connectivity index (χ0) is 28.0. The molecule has 2 rings (SSSR count). The van der Waals surface area contributed by atoms with Crippen molar-refractivity contribution in [3.63, 3.8) is 0 Å². The van der Waals surface area contributed by atoms with Crippen molar-refractivity contribution in [1.29, 1.82) is 0 Å². The average molecular weight is 557 g/mol. The van der Waals surface area contributed by atoms with E-state index in [1.807, 2.05) is 0 Å². The van der Waals surface area contributed by atoms with E-state index in [0.717, 1.165) is 38.5 Å². The van der Waals surface area contributed by atoms with Gasteiger partial charge in [-0.05, 0) is 25.8 Å². The molecule has 1 N–H and O–H groups in total. The summed E-state index contributed by atoms with van der Waals surface area (Å²) in [5, 5.41) is 0. The number of rotatable bonds is 20. The van der Waals surface area contributed by atoms with Crippen LogP contribution >= 0.6 is 7.82 Å². The van der Waals surface area contributed by atoms with Crippen LogP contribution in [0.2, 0.25) is 0 Å². The lowest BCUT2D eigenvalue weighted by Crippen LogP contribution is -2.33. The van der Waals surface area contributed by atoms with Crippen LogP contribution in [0, 0.1) is 6.92 Å². The Kier molecular flexibility index (Phi) is 14.1. The number of hydrogen-bond acceptors (Lipinski definition) is 9.